The molecule has 132 valence electrons. The number of benzene rings is 3. The average Bonchev–Trinajstić information content (AvgIpc) is 3.10. The number of aryl methyl sites for hydroxylation is 1. The van der Waals surface area contributed by atoms with Crippen molar-refractivity contribution in [3.8, 4) is 17.2 Å². The van der Waals surface area contributed by atoms with Crippen LogP contribution in [0.4, 0.5) is 5.69 Å². The predicted octanol–water partition coefficient (Wildman–Crippen LogP) is 5.92. The molecule has 0 atom stereocenters. The van der Waals surface area contributed by atoms with Crippen molar-refractivity contribution in [1.82, 2.24) is 4.98 Å². The van der Waals surface area contributed by atoms with E-state index < -0.39 is 0 Å². The molecule has 27 heavy (non-hydrogen) atoms. The van der Waals surface area contributed by atoms with Crippen LogP contribution in [0.25, 0.3) is 28.6 Å². The number of rotatable bonds is 4. The Bertz CT molecular complexity index is 1140. The highest BCUT2D eigenvalue weighted by Gasteiger charge is 2.13. The molecule has 0 aliphatic rings. The molecule has 1 N–H and O–H groups in total. The second-order valence-corrected chi connectivity index (χ2v) is 6.24. The van der Waals surface area contributed by atoms with Crippen molar-refractivity contribution in [2.45, 2.75) is 6.92 Å². The molecular formula is C23H18N2O2. The van der Waals surface area contributed by atoms with E-state index in [0.717, 1.165) is 16.6 Å². The van der Waals surface area contributed by atoms with Crippen LogP contribution in [-0.2, 0) is 0 Å². The first-order chi connectivity index (χ1) is 13.2. The van der Waals surface area contributed by atoms with Gasteiger partial charge in [0.05, 0.1) is 11.3 Å². The molecule has 0 radical (unpaired) electrons. The van der Waals surface area contributed by atoms with Crippen molar-refractivity contribution in [2.24, 2.45) is 4.99 Å². The lowest BCUT2D eigenvalue weighted by molar-refractivity contribution is 0.474. The number of phenols is 1. The van der Waals surface area contributed by atoms with E-state index in [2.05, 4.69) is 9.98 Å². The second-order valence-electron chi connectivity index (χ2n) is 6.24. The minimum absolute atomic E-state index is 0.108. The van der Waals surface area contributed by atoms with Crippen LogP contribution in [0.5, 0.6) is 5.75 Å². The minimum atomic E-state index is 0.108. The molecule has 0 amide bonds. The summed E-state index contributed by atoms with van der Waals surface area (Å²) in [6, 6.07) is 20.9. The second kappa shape index (κ2) is 7.30. The van der Waals surface area contributed by atoms with Gasteiger partial charge in [0.25, 0.3) is 0 Å². The molecule has 0 aliphatic heterocycles. The fraction of sp³-hybridized carbons (Fsp3) is 0.0435. The highest BCUT2D eigenvalue weighted by atomic mass is 16.3. The maximum absolute atomic E-state index is 10.2. The summed E-state index contributed by atoms with van der Waals surface area (Å²) in [5, 5.41) is 10.2. The zero-order valence-electron chi connectivity index (χ0n) is 14.8. The molecule has 1 aromatic heterocycles. The van der Waals surface area contributed by atoms with Crippen LogP contribution in [0.15, 0.2) is 82.2 Å². The van der Waals surface area contributed by atoms with Crippen molar-refractivity contribution >= 4 is 29.1 Å². The van der Waals surface area contributed by atoms with Crippen molar-refractivity contribution in [1.29, 1.82) is 0 Å². The maximum atomic E-state index is 10.2. The molecule has 4 nitrogen and oxygen atoms in total. The third-order valence-electron chi connectivity index (χ3n) is 4.15. The number of aromatic hydroxyl groups is 1. The van der Waals surface area contributed by atoms with Gasteiger partial charge in [-0.25, -0.2) is 4.98 Å². The molecule has 0 aliphatic carbocycles. The fourth-order valence-electron chi connectivity index (χ4n) is 2.78. The Labute approximate surface area is 157 Å². The van der Waals surface area contributed by atoms with Gasteiger partial charge in [-0.15, -0.1) is 0 Å². The standard InChI is InChI=1S/C23H18N2O2/c1-16-9-12-22-20(14-16)25-23(27-22)19-15-18(10-11-21(19)26)24-13-5-8-17-6-3-2-4-7-17/h2-15,26H,1H3. The zero-order valence-corrected chi connectivity index (χ0v) is 14.8. The largest absolute Gasteiger partial charge is 0.507 e. The summed E-state index contributed by atoms with van der Waals surface area (Å²) in [5.41, 5.74) is 4.90. The van der Waals surface area contributed by atoms with E-state index in [1.807, 2.05) is 67.6 Å². The number of hydrogen-bond acceptors (Lipinski definition) is 4. The molecule has 0 unspecified atom stereocenters. The Balaban J connectivity index is 1.61. The summed E-state index contributed by atoms with van der Waals surface area (Å²) >= 11 is 0. The quantitative estimate of drug-likeness (QED) is 0.462. The summed E-state index contributed by atoms with van der Waals surface area (Å²) in [7, 11) is 0. The third kappa shape index (κ3) is 3.80. The van der Waals surface area contributed by atoms with E-state index in [1.165, 1.54) is 0 Å². The topological polar surface area (TPSA) is 58.6 Å². The number of allylic oxidation sites excluding steroid dienone is 1. The summed E-state index contributed by atoms with van der Waals surface area (Å²) in [4.78, 5) is 8.91. The maximum Gasteiger partial charge on any atom is 0.231 e. The Kier molecular flexibility index (Phi) is 4.54. The van der Waals surface area contributed by atoms with Gasteiger partial charge < -0.3 is 9.52 Å². The lowest BCUT2D eigenvalue weighted by atomic mass is 10.2. The number of aliphatic imine (C=N–C) groups is 1. The van der Waals surface area contributed by atoms with Gasteiger partial charge in [0.1, 0.15) is 11.3 Å². The SMILES string of the molecule is Cc1ccc2oc(-c3cc(N=CC=Cc4ccccc4)ccc3O)nc2c1. The van der Waals surface area contributed by atoms with Crippen LogP contribution in [0.3, 0.4) is 0 Å². The van der Waals surface area contributed by atoms with Crippen LogP contribution in [0.1, 0.15) is 11.1 Å². The normalized spacial score (nSPS) is 11.7. The van der Waals surface area contributed by atoms with Gasteiger partial charge in [-0.1, -0.05) is 42.5 Å². The minimum Gasteiger partial charge on any atom is -0.507 e. The summed E-state index contributed by atoms with van der Waals surface area (Å²) in [5.74, 6) is 0.488. The molecule has 3 aromatic carbocycles. The van der Waals surface area contributed by atoms with Crippen molar-refractivity contribution in [2.75, 3.05) is 0 Å². The van der Waals surface area contributed by atoms with Crippen molar-refractivity contribution in [3.63, 3.8) is 0 Å². The smallest absolute Gasteiger partial charge is 0.231 e. The molecular weight excluding hydrogens is 336 g/mol. The molecule has 4 rings (SSSR count). The van der Waals surface area contributed by atoms with Crippen LogP contribution in [0.2, 0.25) is 0 Å². The molecule has 0 spiro atoms. The van der Waals surface area contributed by atoms with Crippen molar-refractivity contribution in [3.05, 3.63) is 83.9 Å². The van der Waals surface area contributed by atoms with E-state index in [1.54, 1.807) is 24.4 Å². The first-order valence-electron chi connectivity index (χ1n) is 8.65. The van der Waals surface area contributed by atoms with E-state index in [0.29, 0.717) is 22.7 Å². The number of hydrogen-bond donors (Lipinski definition) is 1. The average molecular weight is 354 g/mol. The monoisotopic (exact) mass is 354 g/mol. The van der Waals surface area contributed by atoms with Gasteiger partial charge in [-0.05, 0) is 54.5 Å². The van der Waals surface area contributed by atoms with Gasteiger partial charge in [0.15, 0.2) is 5.58 Å². The van der Waals surface area contributed by atoms with Gasteiger partial charge in [0, 0.05) is 6.21 Å². The molecule has 0 saturated heterocycles. The van der Waals surface area contributed by atoms with Gasteiger partial charge in [-0.3, -0.25) is 4.99 Å². The van der Waals surface area contributed by atoms with E-state index in [9.17, 15) is 5.11 Å². The Morgan fingerprint density at radius 2 is 1.85 bits per heavy atom. The summed E-state index contributed by atoms with van der Waals surface area (Å²) < 4.78 is 5.79. The molecule has 1 heterocycles. The van der Waals surface area contributed by atoms with Gasteiger partial charge in [0.2, 0.25) is 5.89 Å². The molecule has 4 aromatic rings. The summed E-state index contributed by atoms with van der Waals surface area (Å²) in [6.45, 7) is 2.00. The Morgan fingerprint density at radius 1 is 1.00 bits per heavy atom. The number of oxazole rings is 1. The zero-order chi connectivity index (χ0) is 18.6. The van der Waals surface area contributed by atoms with E-state index in [4.69, 9.17) is 4.42 Å². The first-order valence-corrected chi connectivity index (χ1v) is 8.65. The lowest BCUT2D eigenvalue weighted by Gasteiger charge is -2.01. The molecule has 0 saturated carbocycles. The van der Waals surface area contributed by atoms with Crippen LogP contribution < -0.4 is 0 Å². The number of phenolic OH excluding ortho intramolecular Hbond substituents is 1. The molecule has 0 fully saturated rings. The van der Waals surface area contributed by atoms with Gasteiger partial charge >= 0.3 is 0 Å². The molecule has 0 bridgehead atoms. The highest BCUT2D eigenvalue weighted by molar-refractivity contribution is 5.82. The van der Waals surface area contributed by atoms with Crippen molar-refractivity contribution < 1.29 is 9.52 Å². The van der Waals surface area contributed by atoms with Crippen LogP contribution in [0, 0.1) is 6.92 Å². The third-order valence-corrected chi connectivity index (χ3v) is 4.15. The first kappa shape index (κ1) is 16.8. The number of fused-ring (bicyclic) bond motifs is 1. The fourth-order valence-corrected chi connectivity index (χ4v) is 2.78. The van der Waals surface area contributed by atoms with E-state index in [-0.39, 0.29) is 5.75 Å². The Hall–Kier alpha value is -3.66. The number of nitrogens with zero attached hydrogens (tertiary/aromatic N) is 2. The Morgan fingerprint density at radius 3 is 2.70 bits per heavy atom. The predicted molar refractivity (Wildman–Crippen MR) is 109 cm³/mol. The highest BCUT2D eigenvalue weighted by Crippen LogP contribution is 2.34. The van der Waals surface area contributed by atoms with Crippen LogP contribution in [-0.4, -0.2) is 16.3 Å². The lowest BCUT2D eigenvalue weighted by Crippen LogP contribution is -1.79. The molecule has 4 heteroatoms. The summed E-state index contributed by atoms with van der Waals surface area (Å²) in [6.07, 6.45) is 5.58. The number of aromatic nitrogens is 1. The van der Waals surface area contributed by atoms with Crippen LogP contribution >= 0.6 is 0 Å². The van der Waals surface area contributed by atoms with Gasteiger partial charge in [-0.2, -0.15) is 0 Å². The van der Waals surface area contributed by atoms with E-state index >= 15 is 0 Å².